The molecule has 21 heavy (non-hydrogen) atoms. The van der Waals surface area contributed by atoms with Crippen LogP contribution in [0.1, 0.15) is 23.6 Å². The highest BCUT2D eigenvalue weighted by Gasteiger charge is 2.09. The van der Waals surface area contributed by atoms with Crippen molar-refractivity contribution in [2.24, 2.45) is 0 Å². The van der Waals surface area contributed by atoms with Crippen LogP contribution in [-0.4, -0.2) is 18.6 Å². The van der Waals surface area contributed by atoms with Gasteiger partial charge in [-0.15, -0.1) is 0 Å². The zero-order valence-corrected chi connectivity index (χ0v) is 12.5. The number of nitrogens with zero attached hydrogens (tertiary/aromatic N) is 3. The Bertz CT molecular complexity index is 616. The molecule has 108 valence electrons. The van der Waals surface area contributed by atoms with E-state index in [4.69, 9.17) is 0 Å². The second-order valence-corrected chi connectivity index (χ2v) is 4.96. The number of nitrogens with one attached hydrogen (secondary N) is 1. The number of rotatable bonds is 6. The van der Waals surface area contributed by atoms with Crippen molar-refractivity contribution in [2.75, 3.05) is 18.5 Å². The molecule has 0 saturated heterocycles. The fraction of sp³-hybridized carbons (Fsp3) is 0.294. The van der Waals surface area contributed by atoms with E-state index in [0.29, 0.717) is 5.56 Å². The number of benzene rings is 1. The van der Waals surface area contributed by atoms with Crippen LogP contribution in [0.2, 0.25) is 0 Å². The van der Waals surface area contributed by atoms with Gasteiger partial charge in [0.1, 0.15) is 6.07 Å². The van der Waals surface area contributed by atoms with Crippen molar-refractivity contribution in [3.05, 3.63) is 59.4 Å². The number of anilines is 1. The van der Waals surface area contributed by atoms with E-state index in [-0.39, 0.29) is 0 Å². The Morgan fingerprint density at radius 3 is 2.62 bits per heavy atom. The van der Waals surface area contributed by atoms with Crippen molar-refractivity contribution >= 4 is 5.69 Å². The molecule has 0 aliphatic carbocycles. The molecule has 1 N–H and O–H groups in total. The molecule has 0 fully saturated rings. The summed E-state index contributed by atoms with van der Waals surface area (Å²) >= 11 is 0. The molecular weight excluding hydrogens is 260 g/mol. The molecule has 4 heteroatoms. The van der Waals surface area contributed by atoms with Crippen molar-refractivity contribution in [2.45, 2.75) is 20.0 Å². The monoisotopic (exact) mass is 280 g/mol. The van der Waals surface area contributed by atoms with E-state index in [2.05, 4.69) is 34.3 Å². The molecule has 1 aromatic carbocycles. The van der Waals surface area contributed by atoms with Gasteiger partial charge in [0.25, 0.3) is 0 Å². The van der Waals surface area contributed by atoms with Gasteiger partial charge in [-0.3, -0.25) is 4.98 Å². The fourth-order valence-corrected chi connectivity index (χ4v) is 2.23. The quantitative estimate of drug-likeness (QED) is 0.884. The first-order valence-corrected chi connectivity index (χ1v) is 7.08. The van der Waals surface area contributed by atoms with Crippen molar-refractivity contribution in [3.63, 3.8) is 0 Å². The second-order valence-electron chi connectivity index (χ2n) is 4.96. The molecule has 1 aromatic heterocycles. The molecule has 2 aromatic rings. The van der Waals surface area contributed by atoms with Gasteiger partial charge in [-0.05, 0) is 41.9 Å². The Balaban J connectivity index is 2.17. The molecule has 0 saturated carbocycles. The first-order chi connectivity index (χ1) is 10.2. The number of pyridine rings is 1. The SMILES string of the molecule is CCNCc1ccc(N(C)Cc2ccncc2)c(C#N)c1. The maximum absolute atomic E-state index is 9.38. The lowest BCUT2D eigenvalue weighted by molar-refractivity contribution is 0.726. The Kier molecular flexibility index (Phi) is 5.30. The molecule has 0 radical (unpaired) electrons. The van der Waals surface area contributed by atoms with Gasteiger partial charge in [0, 0.05) is 32.5 Å². The lowest BCUT2D eigenvalue weighted by Gasteiger charge is -2.21. The van der Waals surface area contributed by atoms with Gasteiger partial charge >= 0.3 is 0 Å². The molecule has 0 aliphatic heterocycles. The summed E-state index contributed by atoms with van der Waals surface area (Å²) in [5.41, 5.74) is 3.97. The van der Waals surface area contributed by atoms with E-state index >= 15 is 0 Å². The smallest absolute Gasteiger partial charge is 0.101 e. The summed E-state index contributed by atoms with van der Waals surface area (Å²) in [7, 11) is 2.00. The summed E-state index contributed by atoms with van der Waals surface area (Å²) in [5.74, 6) is 0. The van der Waals surface area contributed by atoms with Gasteiger partial charge in [0.05, 0.1) is 11.3 Å². The van der Waals surface area contributed by atoms with Crippen LogP contribution in [-0.2, 0) is 13.1 Å². The lowest BCUT2D eigenvalue weighted by Crippen LogP contribution is -2.18. The third kappa shape index (κ3) is 4.04. The summed E-state index contributed by atoms with van der Waals surface area (Å²) in [5, 5.41) is 12.7. The van der Waals surface area contributed by atoms with Gasteiger partial charge in [0.15, 0.2) is 0 Å². The highest BCUT2D eigenvalue weighted by Crippen LogP contribution is 2.22. The molecule has 4 nitrogen and oxygen atoms in total. The van der Waals surface area contributed by atoms with Crippen LogP contribution >= 0.6 is 0 Å². The Hall–Kier alpha value is -2.38. The minimum absolute atomic E-state index is 0.710. The summed E-state index contributed by atoms with van der Waals surface area (Å²) in [6, 6.07) is 12.3. The average Bonchev–Trinajstić information content (AvgIpc) is 2.53. The van der Waals surface area contributed by atoms with Crippen LogP contribution in [0, 0.1) is 11.3 Å². The van der Waals surface area contributed by atoms with Gasteiger partial charge in [-0.1, -0.05) is 13.0 Å². The maximum atomic E-state index is 9.38. The minimum Gasteiger partial charge on any atom is -0.369 e. The van der Waals surface area contributed by atoms with Crippen LogP contribution in [0.15, 0.2) is 42.7 Å². The van der Waals surface area contributed by atoms with Crippen LogP contribution in [0.4, 0.5) is 5.69 Å². The molecule has 0 unspecified atom stereocenters. The minimum atomic E-state index is 0.710. The van der Waals surface area contributed by atoms with E-state index in [1.807, 2.05) is 31.3 Å². The third-order valence-corrected chi connectivity index (χ3v) is 3.34. The average molecular weight is 280 g/mol. The molecule has 1 heterocycles. The van der Waals surface area contributed by atoms with Crippen LogP contribution in [0.25, 0.3) is 0 Å². The zero-order chi connectivity index (χ0) is 15.1. The van der Waals surface area contributed by atoms with Crippen molar-refractivity contribution in [1.29, 1.82) is 5.26 Å². The van der Waals surface area contributed by atoms with Gasteiger partial charge in [-0.25, -0.2) is 0 Å². The number of hydrogen-bond donors (Lipinski definition) is 1. The van der Waals surface area contributed by atoms with Crippen LogP contribution in [0.3, 0.4) is 0 Å². The van der Waals surface area contributed by atoms with Gasteiger partial charge in [-0.2, -0.15) is 5.26 Å². The summed E-state index contributed by atoms with van der Waals surface area (Å²) in [6.45, 7) is 4.54. The second kappa shape index (κ2) is 7.41. The Morgan fingerprint density at radius 2 is 1.95 bits per heavy atom. The lowest BCUT2D eigenvalue weighted by atomic mass is 10.1. The zero-order valence-electron chi connectivity index (χ0n) is 12.5. The van der Waals surface area contributed by atoms with E-state index in [1.165, 1.54) is 5.56 Å². The topological polar surface area (TPSA) is 52.0 Å². The van der Waals surface area contributed by atoms with Gasteiger partial charge < -0.3 is 10.2 Å². The highest BCUT2D eigenvalue weighted by atomic mass is 15.1. The standard InChI is InChI=1S/C17H20N4/c1-3-19-12-15-4-5-17(16(10-15)11-18)21(2)13-14-6-8-20-9-7-14/h4-10,19H,3,12-13H2,1-2H3. The van der Waals surface area contributed by atoms with Crippen molar-refractivity contribution < 1.29 is 0 Å². The summed E-state index contributed by atoms with van der Waals surface area (Å²) < 4.78 is 0. The Morgan fingerprint density at radius 1 is 1.19 bits per heavy atom. The number of nitriles is 1. The third-order valence-electron chi connectivity index (χ3n) is 3.34. The number of hydrogen-bond acceptors (Lipinski definition) is 4. The summed E-state index contributed by atoms with van der Waals surface area (Å²) in [6.07, 6.45) is 3.57. The molecule has 2 rings (SSSR count). The van der Waals surface area contributed by atoms with E-state index < -0.39 is 0 Å². The number of aromatic nitrogens is 1. The predicted molar refractivity (Wildman–Crippen MR) is 84.9 cm³/mol. The largest absolute Gasteiger partial charge is 0.369 e. The fourth-order valence-electron chi connectivity index (χ4n) is 2.23. The van der Waals surface area contributed by atoms with E-state index in [1.54, 1.807) is 12.4 Å². The molecule has 0 bridgehead atoms. The summed E-state index contributed by atoms with van der Waals surface area (Å²) in [4.78, 5) is 6.11. The van der Waals surface area contributed by atoms with Crippen molar-refractivity contribution in [1.82, 2.24) is 10.3 Å². The van der Waals surface area contributed by atoms with Crippen molar-refractivity contribution in [3.8, 4) is 6.07 Å². The van der Waals surface area contributed by atoms with Gasteiger partial charge in [0.2, 0.25) is 0 Å². The highest BCUT2D eigenvalue weighted by molar-refractivity contribution is 5.60. The normalized spacial score (nSPS) is 10.1. The van der Waals surface area contributed by atoms with E-state index in [9.17, 15) is 5.26 Å². The van der Waals surface area contributed by atoms with E-state index in [0.717, 1.165) is 30.9 Å². The molecular formula is C17H20N4. The maximum Gasteiger partial charge on any atom is 0.101 e. The first-order valence-electron chi connectivity index (χ1n) is 7.08. The van der Waals surface area contributed by atoms with Crippen LogP contribution in [0.5, 0.6) is 0 Å². The van der Waals surface area contributed by atoms with Crippen LogP contribution < -0.4 is 10.2 Å². The molecule has 0 spiro atoms. The first kappa shape index (κ1) is 15.0. The molecule has 0 aliphatic rings. The Labute approximate surface area is 126 Å². The molecule has 0 amide bonds. The predicted octanol–water partition coefficient (Wildman–Crippen LogP) is 2.70. The molecule has 0 atom stereocenters.